The Morgan fingerprint density at radius 3 is 2.59 bits per heavy atom. The molecule has 0 radical (unpaired) electrons. The molecule has 34 heavy (non-hydrogen) atoms. The van der Waals surface area contributed by atoms with Crippen molar-refractivity contribution in [3.05, 3.63) is 54.1 Å². The number of hydrogen-bond acceptors (Lipinski definition) is 7. The highest BCUT2D eigenvalue weighted by Crippen LogP contribution is 2.41. The van der Waals surface area contributed by atoms with Crippen LogP contribution in [0.15, 0.2) is 48.5 Å². The van der Waals surface area contributed by atoms with Gasteiger partial charge in [0.25, 0.3) is 0 Å². The number of ether oxygens (including phenoxy) is 2. The van der Waals surface area contributed by atoms with Crippen LogP contribution in [0.2, 0.25) is 0 Å². The predicted molar refractivity (Wildman–Crippen MR) is 132 cm³/mol. The number of aliphatic hydroxyl groups is 1. The number of aliphatic hydroxyl groups excluding tert-OH is 1. The van der Waals surface area contributed by atoms with Crippen molar-refractivity contribution in [2.45, 2.75) is 38.2 Å². The third kappa shape index (κ3) is 6.47. The summed E-state index contributed by atoms with van der Waals surface area (Å²) in [5.41, 5.74) is 2.43. The normalized spacial score (nSPS) is 12.1. The average Bonchev–Trinajstić information content (AvgIpc) is 2.84. The minimum Gasteiger partial charge on any atom is -0.508 e. The number of phenolic OH excluding ortho intramolecular Hbond substituents is 2. The number of nitrogens with one attached hydrogen (secondary N) is 1. The van der Waals surface area contributed by atoms with Crippen molar-refractivity contribution in [1.29, 1.82) is 0 Å². The van der Waals surface area contributed by atoms with E-state index >= 15 is 0 Å². The second kappa shape index (κ2) is 12.4. The van der Waals surface area contributed by atoms with Crippen LogP contribution in [-0.4, -0.2) is 54.7 Å². The molecular formula is C27H33NO6. The second-order valence-electron chi connectivity index (χ2n) is 8.29. The Kier molecular flexibility index (Phi) is 9.27. The van der Waals surface area contributed by atoms with Gasteiger partial charge in [0.15, 0.2) is 11.5 Å². The highest BCUT2D eigenvalue weighted by Gasteiger charge is 2.19. The fraction of sp³-hybridized carbons (Fsp3) is 0.370. The molecule has 3 rings (SSSR count). The van der Waals surface area contributed by atoms with Crippen molar-refractivity contribution in [3.63, 3.8) is 0 Å². The Morgan fingerprint density at radius 2 is 1.85 bits per heavy atom. The Labute approximate surface area is 200 Å². The van der Waals surface area contributed by atoms with Gasteiger partial charge < -0.3 is 24.8 Å². The highest BCUT2D eigenvalue weighted by atomic mass is 16.5. The van der Waals surface area contributed by atoms with E-state index in [4.69, 9.17) is 14.6 Å². The van der Waals surface area contributed by atoms with Crippen LogP contribution in [0.4, 0.5) is 0 Å². The molecule has 3 aromatic rings. The van der Waals surface area contributed by atoms with Crippen molar-refractivity contribution >= 4 is 16.6 Å². The summed E-state index contributed by atoms with van der Waals surface area (Å²) in [7, 11) is 3.28. The summed E-state index contributed by atoms with van der Waals surface area (Å²) in [5.74, 6) is 0.616. The molecule has 0 amide bonds. The fourth-order valence-electron chi connectivity index (χ4n) is 4.13. The summed E-state index contributed by atoms with van der Waals surface area (Å²) < 4.78 is 11.2. The molecule has 1 unspecified atom stereocenters. The minimum absolute atomic E-state index is 0.0214. The first kappa shape index (κ1) is 25.5. The number of aryl methyl sites for hydroxylation is 1. The van der Waals surface area contributed by atoms with E-state index in [2.05, 4.69) is 5.32 Å². The van der Waals surface area contributed by atoms with Gasteiger partial charge in [0.05, 0.1) is 19.9 Å². The largest absolute Gasteiger partial charge is 0.508 e. The van der Waals surface area contributed by atoms with E-state index in [-0.39, 0.29) is 36.4 Å². The molecule has 182 valence electrons. The third-order valence-electron chi connectivity index (χ3n) is 5.82. The number of carbonyl (C=O) groups is 1. The Bertz CT molecular complexity index is 1110. The number of benzene rings is 3. The smallest absolute Gasteiger partial charge is 0.168 e. The van der Waals surface area contributed by atoms with E-state index in [1.165, 1.54) is 7.11 Å². The number of carbonyl (C=O) groups excluding carboxylic acids is 1. The van der Waals surface area contributed by atoms with E-state index in [1.807, 2.05) is 30.3 Å². The van der Waals surface area contributed by atoms with Gasteiger partial charge in [0.2, 0.25) is 0 Å². The summed E-state index contributed by atoms with van der Waals surface area (Å²) in [6, 6.07) is 14.4. The molecule has 3 aromatic carbocycles. The lowest BCUT2D eigenvalue weighted by Crippen LogP contribution is -2.24. The van der Waals surface area contributed by atoms with Gasteiger partial charge in [-0.3, -0.25) is 10.1 Å². The maximum Gasteiger partial charge on any atom is 0.168 e. The molecule has 0 heterocycles. The van der Waals surface area contributed by atoms with Crippen molar-refractivity contribution in [2.24, 2.45) is 0 Å². The van der Waals surface area contributed by atoms with Gasteiger partial charge in [-0.2, -0.15) is 0 Å². The SMILES string of the molecule is CNCOC(CCCO)CC(=O)CCc1ccc(O)c(OC)c1-c1ccc2ccc(O)cc2c1. The first-order valence-electron chi connectivity index (χ1n) is 11.5. The zero-order chi connectivity index (χ0) is 24.5. The second-order valence-corrected chi connectivity index (χ2v) is 8.29. The average molecular weight is 468 g/mol. The monoisotopic (exact) mass is 467 g/mol. The van der Waals surface area contributed by atoms with E-state index in [9.17, 15) is 15.0 Å². The van der Waals surface area contributed by atoms with Gasteiger partial charge in [0.1, 0.15) is 11.5 Å². The van der Waals surface area contributed by atoms with Gasteiger partial charge in [-0.15, -0.1) is 0 Å². The Morgan fingerprint density at radius 1 is 1.06 bits per heavy atom. The van der Waals surface area contributed by atoms with Gasteiger partial charge in [-0.1, -0.05) is 24.3 Å². The first-order valence-corrected chi connectivity index (χ1v) is 11.5. The molecule has 0 saturated carbocycles. The molecule has 4 N–H and O–H groups in total. The van der Waals surface area contributed by atoms with Crippen LogP contribution in [0, 0.1) is 0 Å². The van der Waals surface area contributed by atoms with Crippen LogP contribution in [0.5, 0.6) is 17.2 Å². The van der Waals surface area contributed by atoms with Crippen LogP contribution in [0.1, 0.15) is 31.2 Å². The number of aromatic hydroxyl groups is 2. The Balaban J connectivity index is 1.84. The lowest BCUT2D eigenvalue weighted by molar-refractivity contribution is -0.122. The topological polar surface area (TPSA) is 108 Å². The number of phenols is 2. The molecule has 7 heteroatoms. The van der Waals surface area contributed by atoms with Crippen molar-refractivity contribution in [1.82, 2.24) is 5.32 Å². The van der Waals surface area contributed by atoms with E-state index in [1.54, 1.807) is 25.2 Å². The van der Waals surface area contributed by atoms with E-state index in [0.29, 0.717) is 38.2 Å². The number of rotatable bonds is 13. The predicted octanol–water partition coefficient (Wildman–Crippen LogP) is 4.15. The quantitative estimate of drug-likeness (QED) is 0.280. The third-order valence-corrected chi connectivity index (χ3v) is 5.82. The molecule has 7 nitrogen and oxygen atoms in total. The molecule has 0 aliphatic heterocycles. The number of ketones is 1. The van der Waals surface area contributed by atoms with Gasteiger partial charge in [-0.05, 0) is 72.5 Å². The van der Waals surface area contributed by atoms with Crippen LogP contribution in [0.3, 0.4) is 0 Å². The summed E-state index contributed by atoms with van der Waals surface area (Å²) in [6.45, 7) is 0.411. The molecular weight excluding hydrogens is 434 g/mol. The highest BCUT2D eigenvalue weighted by molar-refractivity contribution is 5.90. The zero-order valence-corrected chi connectivity index (χ0v) is 19.7. The van der Waals surface area contributed by atoms with Crippen LogP contribution in [-0.2, 0) is 16.0 Å². The lowest BCUT2D eigenvalue weighted by atomic mass is 9.92. The Hall–Kier alpha value is -3.13. The molecule has 0 aliphatic rings. The van der Waals surface area contributed by atoms with Crippen LogP contribution < -0.4 is 10.1 Å². The van der Waals surface area contributed by atoms with E-state index in [0.717, 1.165) is 27.5 Å². The van der Waals surface area contributed by atoms with Gasteiger partial charge in [-0.25, -0.2) is 0 Å². The van der Waals surface area contributed by atoms with Crippen molar-refractivity contribution in [2.75, 3.05) is 27.5 Å². The lowest BCUT2D eigenvalue weighted by Gasteiger charge is -2.18. The molecule has 1 atom stereocenters. The molecule has 0 aliphatic carbocycles. The number of Topliss-reactive ketones (excluding diaryl/α,β-unsaturated/α-hetero) is 1. The van der Waals surface area contributed by atoms with Crippen molar-refractivity contribution in [3.8, 4) is 28.4 Å². The number of fused-ring (bicyclic) bond motifs is 1. The summed E-state index contributed by atoms with van der Waals surface area (Å²) >= 11 is 0. The standard InChI is InChI=1S/C27H33NO6/c1-28-17-34-24(4-3-13-29)16-23(31)11-8-19-9-12-25(32)27(33-2)26(19)20-6-5-18-7-10-22(30)15-21(18)14-20/h5-7,9-10,12,14-15,24,28-30,32H,3-4,8,11,13,16-17H2,1-2H3. The van der Waals surface area contributed by atoms with Crippen LogP contribution in [0.25, 0.3) is 21.9 Å². The van der Waals surface area contributed by atoms with Gasteiger partial charge >= 0.3 is 0 Å². The summed E-state index contributed by atoms with van der Waals surface area (Å²) in [6.07, 6.45) is 2.02. The molecule has 0 fully saturated rings. The first-order chi connectivity index (χ1) is 16.5. The van der Waals surface area contributed by atoms with E-state index < -0.39 is 0 Å². The van der Waals surface area contributed by atoms with Crippen molar-refractivity contribution < 1.29 is 29.6 Å². The van der Waals surface area contributed by atoms with Gasteiger partial charge in [0, 0.05) is 25.0 Å². The number of methoxy groups -OCH3 is 1. The fourth-order valence-corrected chi connectivity index (χ4v) is 4.13. The minimum atomic E-state index is -0.242. The maximum absolute atomic E-state index is 12.8. The maximum atomic E-state index is 12.8. The summed E-state index contributed by atoms with van der Waals surface area (Å²) in [5, 5.41) is 34.2. The molecule has 0 saturated heterocycles. The molecule has 0 bridgehead atoms. The summed E-state index contributed by atoms with van der Waals surface area (Å²) in [4.78, 5) is 12.8. The zero-order valence-electron chi connectivity index (χ0n) is 19.7. The number of hydrogen-bond donors (Lipinski definition) is 4. The van der Waals surface area contributed by atoms with Crippen LogP contribution >= 0.6 is 0 Å². The molecule has 0 spiro atoms. The molecule has 0 aromatic heterocycles.